The summed E-state index contributed by atoms with van der Waals surface area (Å²) >= 11 is 0. The van der Waals surface area contributed by atoms with Crippen LogP contribution in [0.15, 0.2) is 59.9 Å². The highest BCUT2D eigenvalue weighted by molar-refractivity contribution is 14.0. The zero-order chi connectivity index (χ0) is 22.2. The Labute approximate surface area is 210 Å². The van der Waals surface area contributed by atoms with Gasteiger partial charge in [-0.05, 0) is 30.2 Å². The fourth-order valence-corrected chi connectivity index (χ4v) is 3.79. The summed E-state index contributed by atoms with van der Waals surface area (Å²) in [6, 6.07) is 14.8. The standard InChI is InChI=1S/C24H29FN6O.HI/c1-2-23-30-28-17-31(23)15-14-27-24(26-13-11-18-7-9-19(25)10-8-18)29-21-12-16-32-22-6-4-3-5-20(21)22;/h3-10,17,21H,2,11-16H2,1H3,(H2,26,27,29);1H. The quantitative estimate of drug-likeness (QED) is 0.247. The molecule has 1 aromatic heterocycles. The van der Waals surface area contributed by atoms with E-state index in [1.54, 1.807) is 18.5 Å². The zero-order valence-electron chi connectivity index (χ0n) is 18.7. The number of aromatic nitrogens is 3. The number of para-hydroxylation sites is 1. The van der Waals surface area contributed by atoms with Crippen LogP contribution in [0.4, 0.5) is 4.39 Å². The Morgan fingerprint density at radius 3 is 2.85 bits per heavy atom. The maximum absolute atomic E-state index is 13.2. The molecule has 0 fully saturated rings. The molecule has 33 heavy (non-hydrogen) atoms. The summed E-state index contributed by atoms with van der Waals surface area (Å²) in [5.74, 6) is 2.41. The molecule has 0 aliphatic carbocycles. The van der Waals surface area contributed by atoms with Crippen LogP contribution in [0.1, 0.15) is 36.3 Å². The molecule has 4 rings (SSSR count). The van der Waals surface area contributed by atoms with Crippen molar-refractivity contribution >= 4 is 29.9 Å². The van der Waals surface area contributed by atoms with E-state index in [1.807, 2.05) is 22.8 Å². The van der Waals surface area contributed by atoms with Gasteiger partial charge in [-0.2, -0.15) is 0 Å². The number of halogens is 2. The number of fused-ring (bicyclic) bond motifs is 1. The van der Waals surface area contributed by atoms with E-state index >= 15 is 0 Å². The van der Waals surface area contributed by atoms with E-state index < -0.39 is 0 Å². The third-order valence-electron chi connectivity index (χ3n) is 5.51. The fraction of sp³-hybridized carbons (Fsp3) is 0.375. The number of aryl methyl sites for hydroxylation is 1. The predicted octanol–water partition coefficient (Wildman–Crippen LogP) is 3.90. The van der Waals surface area contributed by atoms with Crippen molar-refractivity contribution in [2.24, 2.45) is 4.99 Å². The van der Waals surface area contributed by atoms with Gasteiger partial charge in [-0.3, -0.25) is 4.99 Å². The molecule has 0 radical (unpaired) electrons. The number of hydrogen-bond donors (Lipinski definition) is 2. The number of ether oxygens (including phenoxy) is 1. The Bertz CT molecular complexity index is 1040. The van der Waals surface area contributed by atoms with Crippen LogP contribution in [0, 0.1) is 5.82 Å². The van der Waals surface area contributed by atoms with Gasteiger partial charge < -0.3 is 19.9 Å². The van der Waals surface area contributed by atoms with Gasteiger partial charge in [-0.1, -0.05) is 37.3 Å². The van der Waals surface area contributed by atoms with Crippen LogP contribution in [0.5, 0.6) is 5.75 Å². The summed E-state index contributed by atoms with van der Waals surface area (Å²) in [4.78, 5) is 4.79. The minimum Gasteiger partial charge on any atom is -0.493 e. The smallest absolute Gasteiger partial charge is 0.191 e. The Morgan fingerprint density at radius 1 is 1.21 bits per heavy atom. The maximum Gasteiger partial charge on any atom is 0.191 e. The lowest BCUT2D eigenvalue weighted by Gasteiger charge is -2.28. The van der Waals surface area contributed by atoms with Crippen LogP contribution in [-0.4, -0.2) is 40.4 Å². The Hall–Kier alpha value is -2.69. The highest BCUT2D eigenvalue weighted by atomic mass is 127. The molecule has 9 heteroatoms. The van der Waals surface area contributed by atoms with Gasteiger partial charge in [0.05, 0.1) is 12.6 Å². The Kier molecular flexibility index (Phi) is 9.47. The number of rotatable bonds is 8. The highest BCUT2D eigenvalue weighted by Gasteiger charge is 2.21. The number of aliphatic imine (C=N–C) groups is 1. The molecule has 0 bridgehead atoms. The van der Waals surface area contributed by atoms with E-state index in [0.717, 1.165) is 54.5 Å². The molecule has 2 heterocycles. The van der Waals surface area contributed by atoms with E-state index in [2.05, 4.69) is 33.8 Å². The predicted molar refractivity (Wildman–Crippen MR) is 138 cm³/mol. The molecule has 1 aliphatic heterocycles. The first-order valence-corrected chi connectivity index (χ1v) is 11.1. The van der Waals surface area contributed by atoms with Crippen molar-refractivity contribution in [2.75, 3.05) is 19.7 Å². The summed E-state index contributed by atoms with van der Waals surface area (Å²) in [6.45, 7) is 4.77. The first-order chi connectivity index (χ1) is 15.7. The molecule has 2 N–H and O–H groups in total. The van der Waals surface area contributed by atoms with E-state index in [-0.39, 0.29) is 35.8 Å². The molecule has 3 aromatic rings. The molecule has 0 spiro atoms. The minimum atomic E-state index is -0.222. The molecule has 7 nitrogen and oxygen atoms in total. The summed E-state index contributed by atoms with van der Waals surface area (Å²) < 4.78 is 21.0. The first-order valence-electron chi connectivity index (χ1n) is 11.1. The molecule has 1 atom stereocenters. The van der Waals surface area contributed by atoms with Crippen molar-refractivity contribution < 1.29 is 9.13 Å². The average molecular weight is 564 g/mol. The summed E-state index contributed by atoms with van der Waals surface area (Å²) in [5.41, 5.74) is 2.20. The SMILES string of the molecule is CCc1nncn1CCNC(=NCCc1ccc(F)cc1)NC1CCOc2ccccc21.I. The van der Waals surface area contributed by atoms with Crippen molar-refractivity contribution in [2.45, 2.75) is 38.8 Å². The fourth-order valence-electron chi connectivity index (χ4n) is 3.79. The summed E-state index contributed by atoms with van der Waals surface area (Å²) in [7, 11) is 0. The second-order valence-electron chi connectivity index (χ2n) is 7.70. The molecular formula is C24H30FIN6O. The Balaban J connectivity index is 0.00000306. The maximum atomic E-state index is 13.2. The molecular weight excluding hydrogens is 534 g/mol. The van der Waals surface area contributed by atoms with Gasteiger partial charge in [0.15, 0.2) is 5.96 Å². The van der Waals surface area contributed by atoms with Crippen molar-refractivity contribution in [3.8, 4) is 5.75 Å². The minimum absolute atomic E-state index is 0. The second-order valence-corrected chi connectivity index (χ2v) is 7.70. The third-order valence-corrected chi connectivity index (χ3v) is 5.51. The first kappa shape index (κ1) is 24.9. The van der Waals surface area contributed by atoms with Crippen LogP contribution in [-0.2, 0) is 19.4 Å². The number of nitrogens with zero attached hydrogens (tertiary/aromatic N) is 4. The topological polar surface area (TPSA) is 76.4 Å². The lowest BCUT2D eigenvalue weighted by atomic mass is 10.0. The number of hydrogen-bond acceptors (Lipinski definition) is 4. The van der Waals surface area contributed by atoms with Gasteiger partial charge in [-0.15, -0.1) is 34.2 Å². The van der Waals surface area contributed by atoms with Gasteiger partial charge >= 0.3 is 0 Å². The van der Waals surface area contributed by atoms with Crippen LogP contribution in [0.3, 0.4) is 0 Å². The van der Waals surface area contributed by atoms with Crippen molar-refractivity contribution in [3.63, 3.8) is 0 Å². The normalized spacial score (nSPS) is 15.2. The van der Waals surface area contributed by atoms with E-state index in [0.29, 0.717) is 19.7 Å². The van der Waals surface area contributed by atoms with Crippen molar-refractivity contribution in [1.82, 2.24) is 25.4 Å². The van der Waals surface area contributed by atoms with Gasteiger partial charge in [0, 0.05) is 38.0 Å². The molecule has 0 saturated heterocycles. The van der Waals surface area contributed by atoms with Gasteiger partial charge in [-0.25, -0.2) is 4.39 Å². The van der Waals surface area contributed by atoms with Gasteiger partial charge in [0.25, 0.3) is 0 Å². The van der Waals surface area contributed by atoms with Gasteiger partial charge in [0.2, 0.25) is 0 Å². The molecule has 2 aromatic carbocycles. The second kappa shape index (κ2) is 12.5. The van der Waals surface area contributed by atoms with Crippen LogP contribution in [0.25, 0.3) is 0 Å². The number of benzene rings is 2. The molecule has 1 aliphatic rings. The van der Waals surface area contributed by atoms with Crippen molar-refractivity contribution in [3.05, 3.63) is 77.6 Å². The van der Waals surface area contributed by atoms with E-state index in [1.165, 1.54) is 12.1 Å². The lowest BCUT2D eigenvalue weighted by Crippen LogP contribution is -2.42. The lowest BCUT2D eigenvalue weighted by molar-refractivity contribution is 0.261. The van der Waals surface area contributed by atoms with Crippen LogP contribution in [0.2, 0.25) is 0 Å². The Morgan fingerprint density at radius 2 is 2.03 bits per heavy atom. The van der Waals surface area contributed by atoms with Gasteiger partial charge in [0.1, 0.15) is 23.7 Å². The third kappa shape index (κ3) is 6.89. The van der Waals surface area contributed by atoms with Crippen LogP contribution >= 0.6 is 24.0 Å². The van der Waals surface area contributed by atoms with Crippen LogP contribution < -0.4 is 15.4 Å². The highest BCUT2D eigenvalue weighted by Crippen LogP contribution is 2.31. The monoisotopic (exact) mass is 564 g/mol. The van der Waals surface area contributed by atoms with Crippen molar-refractivity contribution in [1.29, 1.82) is 0 Å². The largest absolute Gasteiger partial charge is 0.493 e. The number of guanidine groups is 1. The summed E-state index contributed by atoms with van der Waals surface area (Å²) in [5, 5.41) is 15.2. The zero-order valence-corrected chi connectivity index (χ0v) is 21.0. The van der Waals surface area contributed by atoms with E-state index in [9.17, 15) is 4.39 Å². The average Bonchev–Trinajstić information content (AvgIpc) is 3.28. The molecule has 0 saturated carbocycles. The molecule has 0 amide bonds. The molecule has 1 unspecified atom stereocenters. The molecule has 176 valence electrons. The summed E-state index contributed by atoms with van der Waals surface area (Å²) in [6.07, 6.45) is 4.20. The number of nitrogens with one attached hydrogen (secondary N) is 2. The van der Waals surface area contributed by atoms with E-state index in [4.69, 9.17) is 9.73 Å².